The van der Waals surface area contributed by atoms with Crippen molar-refractivity contribution in [1.29, 1.82) is 0 Å². The molecule has 3 aromatic carbocycles. The van der Waals surface area contributed by atoms with Crippen molar-refractivity contribution in [3.63, 3.8) is 0 Å². The molecular formula is C33H39Cl2N3O5S. The van der Waals surface area contributed by atoms with E-state index in [2.05, 4.69) is 5.32 Å². The maximum absolute atomic E-state index is 14.4. The van der Waals surface area contributed by atoms with Crippen molar-refractivity contribution in [2.45, 2.75) is 64.1 Å². The molecule has 0 heterocycles. The highest BCUT2D eigenvalue weighted by Gasteiger charge is 2.35. The Balaban J connectivity index is 1.78. The van der Waals surface area contributed by atoms with Crippen LogP contribution in [0.15, 0.2) is 66.7 Å². The third-order valence-electron chi connectivity index (χ3n) is 7.86. The lowest BCUT2D eigenvalue weighted by atomic mass is 9.94. The summed E-state index contributed by atoms with van der Waals surface area (Å²) in [6, 6.07) is 18.6. The fourth-order valence-corrected chi connectivity index (χ4v) is 6.83. The van der Waals surface area contributed by atoms with Gasteiger partial charge in [0, 0.05) is 29.1 Å². The highest BCUT2D eigenvalue weighted by molar-refractivity contribution is 7.92. The van der Waals surface area contributed by atoms with Crippen LogP contribution in [0.1, 0.15) is 48.8 Å². The quantitative estimate of drug-likeness (QED) is 0.251. The number of hydrogen-bond donors (Lipinski definition) is 1. The molecule has 8 nitrogen and oxygen atoms in total. The Bertz CT molecular complexity index is 1560. The molecule has 0 radical (unpaired) electrons. The highest BCUT2D eigenvalue weighted by atomic mass is 35.5. The molecule has 0 aromatic heterocycles. The number of carbonyl (C=O) groups excluding carboxylic acids is 2. The number of anilines is 1. The smallest absolute Gasteiger partial charge is 0.244 e. The van der Waals surface area contributed by atoms with Gasteiger partial charge in [0.25, 0.3) is 0 Å². The van der Waals surface area contributed by atoms with E-state index in [1.807, 2.05) is 37.3 Å². The molecule has 0 aliphatic heterocycles. The largest absolute Gasteiger partial charge is 0.495 e. The molecule has 44 heavy (non-hydrogen) atoms. The summed E-state index contributed by atoms with van der Waals surface area (Å²) in [6.07, 6.45) is 6.19. The second kappa shape index (κ2) is 15.1. The van der Waals surface area contributed by atoms with E-state index in [1.165, 1.54) is 12.0 Å². The molecule has 11 heteroatoms. The van der Waals surface area contributed by atoms with Gasteiger partial charge >= 0.3 is 0 Å². The Kier molecular flexibility index (Phi) is 11.6. The minimum Gasteiger partial charge on any atom is -0.495 e. The maximum atomic E-state index is 14.4. The molecule has 236 valence electrons. The normalized spacial score (nSPS) is 14.5. The number of rotatable bonds is 12. The Labute approximate surface area is 270 Å². The van der Waals surface area contributed by atoms with Crippen LogP contribution in [0.25, 0.3) is 0 Å². The molecule has 0 saturated heterocycles. The number of aryl methyl sites for hydroxylation is 1. The number of methoxy groups -OCH3 is 1. The molecular weight excluding hydrogens is 621 g/mol. The number of sulfonamides is 1. The Hall–Kier alpha value is -3.27. The molecule has 1 saturated carbocycles. The van der Waals surface area contributed by atoms with Crippen molar-refractivity contribution in [2.75, 3.05) is 24.2 Å². The number of halogens is 2. The summed E-state index contributed by atoms with van der Waals surface area (Å²) in [5, 5.41) is 3.95. The lowest BCUT2D eigenvalue weighted by Crippen LogP contribution is -2.55. The van der Waals surface area contributed by atoms with Gasteiger partial charge in [-0.2, -0.15) is 0 Å². The van der Waals surface area contributed by atoms with Gasteiger partial charge in [-0.15, -0.1) is 0 Å². The second-order valence-corrected chi connectivity index (χ2v) is 14.0. The lowest BCUT2D eigenvalue weighted by molar-refractivity contribution is -0.140. The molecule has 1 atom stereocenters. The van der Waals surface area contributed by atoms with Gasteiger partial charge in [-0.1, -0.05) is 84.9 Å². The zero-order valence-corrected chi connectivity index (χ0v) is 27.6. The van der Waals surface area contributed by atoms with Gasteiger partial charge in [0.2, 0.25) is 21.8 Å². The number of nitrogens with one attached hydrogen (secondary N) is 1. The molecule has 0 bridgehead atoms. The first-order valence-corrected chi connectivity index (χ1v) is 17.3. The molecule has 1 aliphatic rings. The van der Waals surface area contributed by atoms with Gasteiger partial charge in [-0.3, -0.25) is 13.9 Å². The SMILES string of the molecule is COc1ccc(C)cc1N(CC(=O)N(Cc1ccc(Cl)cc1Cl)C(Cc1ccccc1)C(=O)NC1CCCCC1)S(C)(=O)=O. The summed E-state index contributed by atoms with van der Waals surface area (Å²) in [4.78, 5) is 29.9. The Morgan fingerprint density at radius 2 is 1.70 bits per heavy atom. The van der Waals surface area contributed by atoms with Gasteiger partial charge in [0.05, 0.1) is 19.1 Å². The lowest BCUT2D eigenvalue weighted by Gasteiger charge is -2.35. The zero-order valence-electron chi connectivity index (χ0n) is 25.3. The summed E-state index contributed by atoms with van der Waals surface area (Å²) in [6.45, 7) is 1.24. The summed E-state index contributed by atoms with van der Waals surface area (Å²) in [7, 11) is -2.51. The first-order chi connectivity index (χ1) is 21.0. The van der Waals surface area contributed by atoms with Gasteiger partial charge in [-0.25, -0.2) is 8.42 Å². The van der Waals surface area contributed by atoms with Crippen LogP contribution in [0, 0.1) is 6.92 Å². The van der Waals surface area contributed by atoms with E-state index in [4.69, 9.17) is 27.9 Å². The number of benzene rings is 3. The predicted molar refractivity (Wildman–Crippen MR) is 176 cm³/mol. The first-order valence-electron chi connectivity index (χ1n) is 14.7. The van der Waals surface area contributed by atoms with Crippen molar-refractivity contribution < 1.29 is 22.7 Å². The number of carbonyl (C=O) groups is 2. The molecule has 1 unspecified atom stereocenters. The first kappa shape index (κ1) is 33.6. The van der Waals surface area contributed by atoms with Crippen LogP contribution in [0.5, 0.6) is 5.75 Å². The van der Waals surface area contributed by atoms with Crippen LogP contribution in [0.2, 0.25) is 10.0 Å². The standard InChI is InChI=1S/C33H39Cl2N3O5S/c1-23-14-17-31(43-2)29(18-23)38(44(3,41)42)22-32(39)37(21-25-15-16-26(34)20-28(25)35)30(19-24-10-6-4-7-11-24)33(40)36-27-12-8-5-9-13-27/h4,6-7,10-11,14-18,20,27,30H,5,8-9,12-13,19,21-22H2,1-3H3,(H,36,40). The van der Waals surface area contributed by atoms with E-state index in [0.717, 1.165) is 53.8 Å². The van der Waals surface area contributed by atoms with Crippen LogP contribution < -0.4 is 14.4 Å². The van der Waals surface area contributed by atoms with Crippen molar-refractivity contribution in [3.8, 4) is 5.75 Å². The van der Waals surface area contributed by atoms with Gasteiger partial charge < -0.3 is 15.0 Å². The van der Waals surface area contributed by atoms with E-state index < -0.39 is 28.5 Å². The molecule has 4 rings (SSSR count). The predicted octanol–water partition coefficient (Wildman–Crippen LogP) is 6.17. The number of ether oxygens (including phenoxy) is 1. The maximum Gasteiger partial charge on any atom is 0.244 e. The van der Waals surface area contributed by atoms with E-state index in [-0.39, 0.29) is 30.6 Å². The average Bonchev–Trinajstić information content (AvgIpc) is 2.99. The molecule has 3 aromatic rings. The van der Waals surface area contributed by atoms with Crippen molar-refractivity contribution in [1.82, 2.24) is 10.2 Å². The molecule has 1 N–H and O–H groups in total. The second-order valence-electron chi connectivity index (χ2n) is 11.3. The number of amides is 2. The molecule has 1 fully saturated rings. The van der Waals surface area contributed by atoms with E-state index in [1.54, 1.807) is 36.4 Å². The van der Waals surface area contributed by atoms with Gasteiger partial charge in [0.15, 0.2) is 0 Å². The van der Waals surface area contributed by atoms with Crippen LogP contribution in [0.4, 0.5) is 5.69 Å². The van der Waals surface area contributed by atoms with Crippen LogP contribution in [-0.2, 0) is 32.6 Å². The summed E-state index contributed by atoms with van der Waals surface area (Å²) in [5.74, 6) is -0.556. The number of nitrogens with zero attached hydrogens (tertiary/aromatic N) is 2. The fourth-order valence-electron chi connectivity index (χ4n) is 5.52. The third kappa shape index (κ3) is 8.89. The number of hydrogen-bond acceptors (Lipinski definition) is 5. The summed E-state index contributed by atoms with van der Waals surface area (Å²) in [5.41, 5.74) is 2.46. The zero-order chi connectivity index (χ0) is 31.9. The average molecular weight is 661 g/mol. The van der Waals surface area contributed by atoms with Gasteiger partial charge in [-0.05, 0) is 60.7 Å². The van der Waals surface area contributed by atoms with Crippen molar-refractivity contribution >= 4 is 50.7 Å². The van der Waals surface area contributed by atoms with Crippen molar-refractivity contribution in [3.05, 3.63) is 93.5 Å². The summed E-state index contributed by atoms with van der Waals surface area (Å²) >= 11 is 12.7. The minimum atomic E-state index is -3.95. The third-order valence-corrected chi connectivity index (χ3v) is 9.57. The molecule has 1 aliphatic carbocycles. The van der Waals surface area contributed by atoms with Crippen molar-refractivity contribution in [2.24, 2.45) is 0 Å². The Morgan fingerprint density at radius 1 is 1.00 bits per heavy atom. The van der Waals surface area contributed by atoms with Crippen LogP contribution >= 0.6 is 23.2 Å². The van der Waals surface area contributed by atoms with E-state index in [9.17, 15) is 18.0 Å². The monoisotopic (exact) mass is 659 g/mol. The van der Waals surface area contributed by atoms with Crippen LogP contribution in [-0.4, -0.2) is 57.1 Å². The topological polar surface area (TPSA) is 96.0 Å². The van der Waals surface area contributed by atoms with E-state index >= 15 is 0 Å². The van der Waals surface area contributed by atoms with Crippen LogP contribution in [0.3, 0.4) is 0 Å². The Morgan fingerprint density at radius 3 is 2.34 bits per heavy atom. The fraction of sp³-hybridized carbons (Fsp3) is 0.394. The minimum absolute atomic E-state index is 0.00895. The van der Waals surface area contributed by atoms with E-state index in [0.29, 0.717) is 21.4 Å². The summed E-state index contributed by atoms with van der Waals surface area (Å²) < 4.78 is 32.8. The highest BCUT2D eigenvalue weighted by Crippen LogP contribution is 2.32. The molecule has 0 spiro atoms. The molecule has 2 amide bonds. The van der Waals surface area contributed by atoms with Gasteiger partial charge in [0.1, 0.15) is 18.3 Å².